The Hall–Kier alpha value is -0.0800. The maximum absolute atomic E-state index is 10.1. The zero-order valence-electron chi connectivity index (χ0n) is 13.9. The minimum Gasteiger partial charge on any atom is -0.367 e. The molecule has 0 aliphatic heterocycles. The van der Waals surface area contributed by atoms with E-state index in [4.69, 9.17) is 4.74 Å². The Morgan fingerprint density at radius 1 is 1.21 bits per heavy atom. The molecule has 114 valence electrons. The van der Waals surface area contributed by atoms with Crippen LogP contribution in [0.15, 0.2) is 0 Å². The normalized spacial score (nSPS) is 38.8. The Morgan fingerprint density at radius 2 is 1.79 bits per heavy atom. The summed E-state index contributed by atoms with van der Waals surface area (Å²) in [6.07, 6.45) is 3.42. The third-order valence-corrected chi connectivity index (χ3v) is 5.07. The monoisotopic (exact) mass is 270 g/mol. The van der Waals surface area contributed by atoms with Crippen LogP contribution in [0.25, 0.3) is 0 Å². The van der Waals surface area contributed by atoms with Crippen molar-refractivity contribution in [3.8, 4) is 0 Å². The Morgan fingerprint density at radius 3 is 2.21 bits per heavy atom. The van der Waals surface area contributed by atoms with Crippen molar-refractivity contribution >= 4 is 0 Å². The van der Waals surface area contributed by atoms with Crippen molar-refractivity contribution in [1.29, 1.82) is 0 Å². The zero-order chi connectivity index (χ0) is 14.8. The summed E-state index contributed by atoms with van der Waals surface area (Å²) in [4.78, 5) is 0. The molecule has 6 atom stereocenters. The van der Waals surface area contributed by atoms with Gasteiger partial charge in [-0.1, -0.05) is 54.9 Å². The minimum absolute atomic E-state index is 0.171. The van der Waals surface area contributed by atoms with Gasteiger partial charge in [0.05, 0.1) is 6.10 Å². The van der Waals surface area contributed by atoms with Gasteiger partial charge in [0, 0.05) is 5.41 Å². The van der Waals surface area contributed by atoms with Crippen molar-refractivity contribution in [2.75, 3.05) is 0 Å². The molecular formula is C17H34O2. The lowest BCUT2D eigenvalue weighted by atomic mass is 9.77. The van der Waals surface area contributed by atoms with E-state index < -0.39 is 6.29 Å². The fourth-order valence-corrected chi connectivity index (χ4v) is 3.89. The molecule has 2 fully saturated rings. The smallest absolute Gasteiger partial charge is 0.159 e. The zero-order valence-corrected chi connectivity index (χ0v) is 13.9. The van der Waals surface area contributed by atoms with Crippen LogP contribution < -0.4 is 0 Å². The molecule has 0 aromatic heterocycles. The van der Waals surface area contributed by atoms with E-state index in [1.165, 1.54) is 12.8 Å². The second-order valence-electron chi connectivity index (χ2n) is 7.22. The summed E-state index contributed by atoms with van der Waals surface area (Å²) < 4.78 is 5.95. The van der Waals surface area contributed by atoms with Crippen molar-refractivity contribution in [2.24, 2.45) is 29.1 Å². The molecule has 0 radical (unpaired) electrons. The van der Waals surface area contributed by atoms with Gasteiger partial charge in [0.1, 0.15) is 0 Å². The molecule has 0 saturated heterocycles. The SMILES string of the molecule is CC.CCC1C(C)C2CC(OC(O)C(C)(C)C)C1C2. The van der Waals surface area contributed by atoms with E-state index in [0.717, 1.165) is 24.2 Å². The number of rotatable bonds is 3. The van der Waals surface area contributed by atoms with Crippen molar-refractivity contribution in [3.05, 3.63) is 0 Å². The quantitative estimate of drug-likeness (QED) is 0.767. The van der Waals surface area contributed by atoms with Crippen molar-refractivity contribution in [2.45, 2.75) is 80.1 Å². The molecule has 0 heterocycles. The minimum atomic E-state index is -0.625. The molecule has 19 heavy (non-hydrogen) atoms. The molecule has 2 saturated carbocycles. The second-order valence-corrected chi connectivity index (χ2v) is 7.22. The summed E-state index contributed by atoms with van der Waals surface area (Å²) in [6, 6.07) is 0. The van der Waals surface area contributed by atoms with Crippen LogP contribution in [-0.2, 0) is 4.74 Å². The van der Waals surface area contributed by atoms with Gasteiger partial charge in [-0.05, 0) is 36.5 Å². The largest absolute Gasteiger partial charge is 0.367 e. The Bertz CT molecular complexity index is 269. The first-order valence-corrected chi connectivity index (χ1v) is 8.18. The van der Waals surface area contributed by atoms with Gasteiger partial charge in [0.25, 0.3) is 0 Å². The molecule has 2 rings (SSSR count). The fraction of sp³-hybridized carbons (Fsp3) is 1.00. The van der Waals surface area contributed by atoms with Crippen molar-refractivity contribution in [1.82, 2.24) is 0 Å². The molecule has 2 heteroatoms. The average Bonchev–Trinajstić information content (AvgIpc) is 2.88. The highest BCUT2D eigenvalue weighted by Crippen LogP contribution is 2.54. The number of fused-ring (bicyclic) bond motifs is 2. The topological polar surface area (TPSA) is 29.5 Å². The van der Waals surface area contributed by atoms with Crippen LogP contribution in [0.2, 0.25) is 0 Å². The number of ether oxygens (including phenoxy) is 1. The summed E-state index contributed by atoms with van der Waals surface area (Å²) in [7, 11) is 0. The van der Waals surface area contributed by atoms with E-state index in [2.05, 4.69) is 13.8 Å². The molecule has 0 aromatic carbocycles. The van der Waals surface area contributed by atoms with Crippen LogP contribution in [0.3, 0.4) is 0 Å². The number of hydrogen-bond donors (Lipinski definition) is 1. The predicted molar refractivity (Wildman–Crippen MR) is 80.8 cm³/mol. The molecule has 0 spiro atoms. The Labute approximate surface area is 119 Å². The molecule has 1 N–H and O–H groups in total. The van der Waals surface area contributed by atoms with E-state index >= 15 is 0 Å². The molecule has 2 aliphatic carbocycles. The van der Waals surface area contributed by atoms with Crippen LogP contribution in [0.1, 0.15) is 67.7 Å². The van der Waals surface area contributed by atoms with Gasteiger partial charge in [0.15, 0.2) is 6.29 Å². The highest BCUT2D eigenvalue weighted by molar-refractivity contribution is 4.99. The first-order valence-electron chi connectivity index (χ1n) is 8.18. The van der Waals surface area contributed by atoms with Gasteiger partial charge in [-0.25, -0.2) is 0 Å². The third-order valence-electron chi connectivity index (χ3n) is 5.07. The lowest BCUT2D eigenvalue weighted by molar-refractivity contribution is -0.202. The summed E-state index contributed by atoms with van der Waals surface area (Å²) >= 11 is 0. The second kappa shape index (κ2) is 6.58. The lowest BCUT2D eigenvalue weighted by Crippen LogP contribution is -2.38. The van der Waals surface area contributed by atoms with E-state index in [0.29, 0.717) is 12.0 Å². The highest BCUT2D eigenvalue weighted by Gasteiger charge is 2.51. The number of hydrogen-bond acceptors (Lipinski definition) is 2. The molecule has 0 aromatic rings. The Kier molecular flexibility index (Phi) is 5.88. The van der Waals surface area contributed by atoms with E-state index in [-0.39, 0.29) is 5.41 Å². The van der Waals surface area contributed by atoms with Crippen LogP contribution in [0.5, 0.6) is 0 Å². The molecule has 6 unspecified atom stereocenters. The molecule has 2 nitrogen and oxygen atoms in total. The van der Waals surface area contributed by atoms with Gasteiger partial charge in [-0.15, -0.1) is 0 Å². The molecular weight excluding hydrogens is 236 g/mol. The van der Waals surface area contributed by atoms with Crippen LogP contribution in [-0.4, -0.2) is 17.5 Å². The third kappa shape index (κ3) is 3.52. The number of aliphatic hydroxyl groups excluding tert-OH is 1. The summed E-state index contributed by atoms with van der Waals surface area (Å²) in [6.45, 7) is 14.8. The van der Waals surface area contributed by atoms with E-state index in [1.807, 2.05) is 34.6 Å². The molecule has 0 amide bonds. The van der Waals surface area contributed by atoms with Gasteiger partial charge in [-0.2, -0.15) is 0 Å². The highest BCUT2D eigenvalue weighted by atomic mass is 16.6. The van der Waals surface area contributed by atoms with Gasteiger partial charge >= 0.3 is 0 Å². The van der Waals surface area contributed by atoms with E-state index in [9.17, 15) is 5.11 Å². The van der Waals surface area contributed by atoms with Crippen LogP contribution in [0, 0.1) is 29.1 Å². The first kappa shape index (κ1) is 17.0. The van der Waals surface area contributed by atoms with Crippen LogP contribution in [0.4, 0.5) is 0 Å². The maximum atomic E-state index is 10.1. The van der Waals surface area contributed by atoms with Gasteiger partial charge in [0.2, 0.25) is 0 Å². The summed E-state index contributed by atoms with van der Waals surface area (Å²) in [5, 5.41) is 10.1. The Balaban J connectivity index is 0.000000861. The summed E-state index contributed by atoms with van der Waals surface area (Å²) in [5.41, 5.74) is -0.171. The fourth-order valence-electron chi connectivity index (χ4n) is 3.89. The van der Waals surface area contributed by atoms with E-state index in [1.54, 1.807) is 0 Å². The first-order chi connectivity index (χ1) is 8.84. The number of aliphatic hydroxyl groups is 1. The average molecular weight is 270 g/mol. The lowest BCUT2D eigenvalue weighted by Gasteiger charge is -2.37. The maximum Gasteiger partial charge on any atom is 0.159 e. The van der Waals surface area contributed by atoms with Gasteiger partial charge < -0.3 is 9.84 Å². The van der Waals surface area contributed by atoms with Crippen molar-refractivity contribution in [3.63, 3.8) is 0 Å². The van der Waals surface area contributed by atoms with Crippen LogP contribution >= 0.6 is 0 Å². The summed E-state index contributed by atoms with van der Waals surface area (Å²) in [5.74, 6) is 3.20. The van der Waals surface area contributed by atoms with Crippen molar-refractivity contribution < 1.29 is 9.84 Å². The molecule has 2 bridgehead atoms. The standard InChI is InChI=1S/C15H28O2.C2H6/c1-6-11-9(2)10-7-12(11)13(8-10)17-14(16)15(3,4)5;1-2/h9-14,16H,6-8H2,1-5H3;1-2H3. The predicted octanol–water partition coefficient (Wildman–Crippen LogP) is 4.46. The molecule has 2 aliphatic rings. The van der Waals surface area contributed by atoms with Gasteiger partial charge in [-0.3, -0.25) is 0 Å².